The van der Waals surface area contributed by atoms with Crippen molar-refractivity contribution in [1.82, 2.24) is 14.9 Å². The van der Waals surface area contributed by atoms with E-state index in [-0.39, 0.29) is 18.1 Å². The molecule has 0 saturated heterocycles. The van der Waals surface area contributed by atoms with Crippen molar-refractivity contribution in [2.75, 3.05) is 5.32 Å². The molecule has 0 spiro atoms. The average molecular weight is 373 g/mol. The molecule has 2 aromatic heterocycles. The number of aryl methyl sites for hydroxylation is 3. The number of halogens is 1. The van der Waals surface area contributed by atoms with Gasteiger partial charge >= 0.3 is 5.82 Å². The van der Waals surface area contributed by atoms with Gasteiger partial charge in [-0.3, -0.25) is 4.79 Å². The molecule has 0 aliphatic heterocycles. The molecule has 0 fully saturated rings. The quantitative estimate of drug-likeness (QED) is 0.542. The van der Waals surface area contributed by atoms with Gasteiger partial charge in [-0.2, -0.15) is 4.68 Å². The minimum atomic E-state index is -0.588. The molecule has 1 N–H and O–H groups in total. The predicted octanol–water partition coefficient (Wildman–Crippen LogP) is 3.14. The Hall–Kier alpha value is -3.56. The Labute approximate surface area is 152 Å². The van der Waals surface area contributed by atoms with Crippen LogP contribution in [0.2, 0.25) is 0 Å². The third-order valence-electron chi connectivity index (χ3n) is 4.10. The second kappa shape index (κ2) is 6.98. The first kappa shape index (κ1) is 18.2. The predicted molar refractivity (Wildman–Crippen MR) is 93.1 cm³/mol. The Morgan fingerprint density at radius 2 is 2.07 bits per heavy atom. The smallest absolute Gasteiger partial charge is 0.361 e. The summed E-state index contributed by atoms with van der Waals surface area (Å²) >= 11 is 0. The first-order chi connectivity index (χ1) is 12.8. The third kappa shape index (κ3) is 3.68. The summed E-state index contributed by atoms with van der Waals surface area (Å²) < 4.78 is 19.7. The van der Waals surface area contributed by atoms with Gasteiger partial charge in [0.05, 0.1) is 29.0 Å². The number of nitrogens with zero attached hydrogens (tertiary/aromatic N) is 4. The van der Waals surface area contributed by atoms with Gasteiger partial charge in [0.25, 0.3) is 5.91 Å². The maximum atomic E-state index is 13.2. The lowest BCUT2D eigenvalue weighted by Gasteiger charge is -2.08. The molecule has 2 heterocycles. The van der Waals surface area contributed by atoms with Crippen molar-refractivity contribution in [2.24, 2.45) is 0 Å². The largest absolute Gasteiger partial charge is 0.390 e. The van der Waals surface area contributed by atoms with Crippen molar-refractivity contribution >= 4 is 17.4 Å². The molecule has 9 nitrogen and oxygen atoms in total. The average Bonchev–Trinajstić information content (AvgIpc) is 3.14. The number of carbonyl (C=O) groups is 1. The van der Waals surface area contributed by atoms with Crippen LogP contribution in [0.25, 0.3) is 0 Å². The molecular weight excluding hydrogens is 357 g/mol. The number of rotatable bonds is 5. The molecule has 0 aliphatic rings. The highest BCUT2D eigenvalue weighted by atomic mass is 19.1. The monoisotopic (exact) mass is 373 g/mol. The summed E-state index contributed by atoms with van der Waals surface area (Å²) in [4.78, 5) is 22.9. The van der Waals surface area contributed by atoms with E-state index in [0.29, 0.717) is 28.3 Å². The molecule has 140 valence electrons. The van der Waals surface area contributed by atoms with Crippen LogP contribution >= 0.6 is 0 Å². The van der Waals surface area contributed by atoms with Crippen molar-refractivity contribution in [3.63, 3.8) is 0 Å². The van der Waals surface area contributed by atoms with Gasteiger partial charge in [-0.05, 0) is 49.5 Å². The topological polar surface area (TPSA) is 116 Å². The summed E-state index contributed by atoms with van der Waals surface area (Å²) in [7, 11) is 0. The maximum Gasteiger partial charge on any atom is 0.390 e. The molecule has 0 aliphatic carbocycles. The van der Waals surface area contributed by atoms with Gasteiger partial charge < -0.3 is 20.0 Å². The van der Waals surface area contributed by atoms with Crippen LogP contribution in [0.15, 0.2) is 28.8 Å². The maximum absolute atomic E-state index is 13.2. The molecule has 10 heteroatoms. The summed E-state index contributed by atoms with van der Waals surface area (Å²) in [6.07, 6.45) is 0. The lowest BCUT2D eigenvalue weighted by molar-refractivity contribution is -0.389. The zero-order valence-corrected chi connectivity index (χ0v) is 14.8. The summed E-state index contributed by atoms with van der Waals surface area (Å²) in [6.45, 7) is 5.06. The minimum absolute atomic E-state index is 0.0359. The molecule has 0 saturated carbocycles. The highest BCUT2D eigenvalue weighted by molar-refractivity contribution is 6.04. The fourth-order valence-corrected chi connectivity index (χ4v) is 2.60. The van der Waals surface area contributed by atoms with E-state index >= 15 is 0 Å². The molecule has 0 atom stereocenters. The van der Waals surface area contributed by atoms with Crippen LogP contribution in [0.3, 0.4) is 0 Å². The third-order valence-corrected chi connectivity index (χ3v) is 4.10. The second-order valence-electron chi connectivity index (χ2n) is 6.04. The number of nitro groups is 1. The molecule has 3 rings (SSSR count). The van der Waals surface area contributed by atoms with Gasteiger partial charge in [-0.25, -0.2) is 4.39 Å². The van der Waals surface area contributed by atoms with Crippen LogP contribution in [-0.4, -0.2) is 25.8 Å². The number of hydrogen-bond acceptors (Lipinski definition) is 6. The van der Waals surface area contributed by atoms with Crippen molar-refractivity contribution in [3.8, 4) is 0 Å². The van der Waals surface area contributed by atoms with E-state index < -0.39 is 16.6 Å². The molecule has 27 heavy (non-hydrogen) atoms. The normalized spacial score (nSPS) is 10.8. The van der Waals surface area contributed by atoms with Gasteiger partial charge in [-0.15, -0.1) is 0 Å². The van der Waals surface area contributed by atoms with E-state index in [4.69, 9.17) is 4.52 Å². The number of nitrogens with one attached hydrogen (secondary N) is 1. The first-order valence-corrected chi connectivity index (χ1v) is 7.97. The molecular formula is C17H16FN5O4. The Kier molecular flexibility index (Phi) is 4.72. The highest BCUT2D eigenvalue weighted by Crippen LogP contribution is 2.21. The van der Waals surface area contributed by atoms with Gasteiger partial charge in [-0.1, -0.05) is 5.16 Å². The summed E-state index contributed by atoms with van der Waals surface area (Å²) in [5, 5.41) is 21.2. The Morgan fingerprint density at radius 1 is 1.33 bits per heavy atom. The number of anilines is 1. The van der Waals surface area contributed by atoms with E-state index in [1.165, 1.54) is 28.9 Å². The Morgan fingerprint density at radius 3 is 2.70 bits per heavy atom. The molecule has 1 amide bonds. The van der Waals surface area contributed by atoms with Crippen molar-refractivity contribution in [3.05, 3.63) is 68.5 Å². The van der Waals surface area contributed by atoms with E-state index in [1.54, 1.807) is 20.8 Å². The fourth-order valence-electron chi connectivity index (χ4n) is 2.60. The number of amides is 1. The summed E-state index contributed by atoms with van der Waals surface area (Å²) in [5.41, 5.74) is 2.05. The SMILES string of the molecule is Cc1cc(F)ccc1NC(=O)c1noc(C)c1Cn1nc([N+](=O)[O-])cc1C. The lowest BCUT2D eigenvalue weighted by Crippen LogP contribution is -2.17. The van der Waals surface area contributed by atoms with Crippen LogP contribution in [0.1, 0.15) is 33.1 Å². The lowest BCUT2D eigenvalue weighted by atomic mass is 10.1. The van der Waals surface area contributed by atoms with E-state index in [0.717, 1.165) is 0 Å². The number of hydrogen-bond donors (Lipinski definition) is 1. The Balaban J connectivity index is 1.88. The zero-order chi connectivity index (χ0) is 19.7. The number of benzene rings is 1. The minimum Gasteiger partial charge on any atom is -0.361 e. The van der Waals surface area contributed by atoms with E-state index in [9.17, 15) is 19.3 Å². The first-order valence-electron chi connectivity index (χ1n) is 7.97. The van der Waals surface area contributed by atoms with Crippen LogP contribution in [-0.2, 0) is 6.54 Å². The Bertz CT molecular complexity index is 1040. The van der Waals surface area contributed by atoms with Crippen molar-refractivity contribution in [1.29, 1.82) is 0 Å². The van der Waals surface area contributed by atoms with Crippen LogP contribution in [0.5, 0.6) is 0 Å². The molecule has 0 bridgehead atoms. The van der Waals surface area contributed by atoms with Crippen LogP contribution < -0.4 is 5.32 Å². The van der Waals surface area contributed by atoms with Gasteiger partial charge in [0.1, 0.15) is 11.6 Å². The van der Waals surface area contributed by atoms with Crippen LogP contribution in [0, 0.1) is 36.7 Å². The summed E-state index contributed by atoms with van der Waals surface area (Å²) in [6, 6.07) is 5.33. The summed E-state index contributed by atoms with van der Waals surface area (Å²) in [5.74, 6) is -0.821. The van der Waals surface area contributed by atoms with Crippen molar-refractivity contribution in [2.45, 2.75) is 27.3 Å². The molecule has 3 aromatic rings. The van der Waals surface area contributed by atoms with E-state index in [1.807, 2.05) is 0 Å². The van der Waals surface area contributed by atoms with Gasteiger partial charge in [0.2, 0.25) is 0 Å². The van der Waals surface area contributed by atoms with Crippen LogP contribution in [0.4, 0.5) is 15.9 Å². The second-order valence-corrected chi connectivity index (χ2v) is 6.04. The van der Waals surface area contributed by atoms with Crippen molar-refractivity contribution < 1.29 is 18.6 Å². The molecule has 1 aromatic carbocycles. The van der Waals surface area contributed by atoms with Gasteiger partial charge in [0.15, 0.2) is 5.69 Å². The zero-order valence-electron chi connectivity index (χ0n) is 14.8. The standard InChI is InChI=1S/C17H16FN5O4/c1-9-6-12(18)4-5-14(9)19-17(24)16-13(11(3)27-21-16)8-22-10(2)7-15(20-22)23(25)26/h4-7H,8H2,1-3H3,(H,19,24). The number of aromatic nitrogens is 3. The molecule has 0 radical (unpaired) electrons. The molecule has 0 unspecified atom stereocenters. The fraction of sp³-hybridized carbons (Fsp3) is 0.235. The number of carbonyl (C=O) groups excluding carboxylic acids is 1. The van der Waals surface area contributed by atoms with Gasteiger partial charge in [0, 0.05) is 5.69 Å². The highest BCUT2D eigenvalue weighted by Gasteiger charge is 2.24. The van der Waals surface area contributed by atoms with E-state index in [2.05, 4.69) is 15.6 Å².